The Morgan fingerprint density at radius 2 is 1.89 bits per heavy atom. The summed E-state index contributed by atoms with van der Waals surface area (Å²) in [6, 6.07) is 13.8. The van der Waals surface area contributed by atoms with Gasteiger partial charge < -0.3 is 9.84 Å². The van der Waals surface area contributed by atoms with Gasteiger partial charge in [0.05, 0.1) is 6.61 Å². The van der Waals surface area contributed by atoms with Gasteiger partial charge in [-0.3, -0.25) is 0 Å². The molecule has 0 spiro atoms. The highest BCUT2D eigenvalue weighted by atomic mass is 79.9. The standard InChI is InChI=1S/C15H15BrO2/c1-11-6-7-15(13(8-11)9-17)18-10-12-4-2-3-5-14(12)16/h2-8,17H,9-10H2,1H3. The molecule has 0 fully saturated rings. The Hall–Kier alpha value is -1.32. The second-order valence-corrected chi connectivity index (χ2v) is 5.00. The fourth-order valence-corrected chi connectivity index (χ4v) is 2.14. The van der Waals surface area contributed by atoms with Crippen molar-refractivity contribution in [2.24, 2.45) is 0 Å². The van der Waals surface area contributed by atoms with E-state index >= 15 is 0 Å². The van der Waals surface area contributed by atoms with E-state index in [9.17, 15) is 5.11 Å². The van der Waals surface area contributed by atoms with Crippen molar-refractivity contribution in [1.82, 2.24) is 0 Å². The molecule has 0 heterocycles. The molecule has 18 heavy (non-hydrogen) atoms. The number of benzene rings is 2. The molecule has 3 heteroatoms. The minimum Gasteiger partial charge on any atom is -0.488 e. The molecular formula is C15H15BrO2. The van der Waals surface area contributed by atoms with Gasteiger partial charge in [-0.05, 0) is 19.1 Å². The average molecular weight is 307 g/mol. The van der Waals surface area contributed by atoms with Crippen LogP contribution in [0.5, 0.6) is 5.75 Å². The van der Waals surface area contributed by atoms with Crippen molar-refractivity contribution in [1.29, 1.82) is 0 Å². The zero-order valence-corrected chi connectivity index (χ0v) is 11.8. The number of hydrogen-bond acceptors (Lipinski definition) is 2. The number of rotatable bonds is 4. The van der Waals surface area contributed by atoms with Crippen molar-refractivity contribution in [2.75, 3.05) is 0 Å². The molecule has 0 aliphatic heterocycles. The number of aliphatic hydroxyl groups excluding tert-OH is 1. The molecule has 0 saturated carbocycles. The van der Waals surface area contributed by atoms with Gasteiger partial charge in [-0.25, -0.2) is 0 Å². The van der Waals surface area contributed by atoms with Gasteiger partial charge in [0.1, 0.15) is 12.4 Å². The fraction of sp³-hybridized carbons (Fsp3) is 0.200. The Balaban J connectivity index is 2.13. The average Bonchev–Trinajstić information content (AvgIpc) is 2.39. The first kappa shape index (κ1) is 13.1. The van der Waals surface area contributed by atoms with Crippen LogP contribution in [0, 0.1) is 6.92 Å². The Bertz CT molecular complexity index is 538. The minimum atomic E-state index is -0.00697. The smallest absolute Gasteiger partial charge is 0.125 e. The first-order chi connectivity index (χ1) is 8.70. The number of hydrogen-bond donors (Lipinski definition) is 1. The maximum atomic E-state index is 9.31. The summed E-state index contributed by atoms with van der Waals surface area (Å²) in [5.74, 6) is 0.735. The molecule has 0 aromatic heterocycles. The Morgan fingerprint density at radius 1 is 1.11 bits per heavy atom. The summed E-state index contributed by atoms with van der Waals surface area (Å²) in [5.41, 5.74) is 3.02. The van der Waals surface area contributed by atoms with Crippen molar-refractivity contribution in [2.45, 2.75) is 20.1 Å². The summed E-state index contributed by atoms with van der Waals surface area (Å²) in [6.07, 6.45) is 0. The molecule has 0 bridgehead atoms. The Morgan fingerprint density at radius 3 is 2.61 bits per heavy atom. The normalized spacial score (nSPS) is 10.4. The van der Waals surface area contributed by atoms with E-state index in [1.807, 2.05) is 49.4 Å². The number of halogens is 1. The highest BCUT2D eigenvalue weighted by Crippen LogP contribution is 2.23. The highest BCUT2D eigenvalue weighted by molar-refractivity contribution is 9.10. The molecule has 2 nitrogen and oxygen atoms in total. The molecule has 2 rings (SSSR count). The van der Waals surface area contributed by atoms with E-state index in [0.29, 0.717) is 6.61 Å². The zero-order chi connectivity index (χ0) is 13.0. The van der Waals surface area contributed by atoms with Crippen LogP contribution >= 0.6 is 15.9 Å². The molecule has 1 N–H and O–H groups in total. The quantitative estimate of drug-likeness (QED) is 0.930. The Labute approximate surface area is 115 Å². The van der Waals surface area contributed by atoms with Crippen molar-refractivity contribution in [3.63, 3.8) is 0 Å². The lowest BCUT2D eigenvalue weighted by molar-refractivity contribution is 0.258. The summed E-state index contributed by atoms with van der Waals surface area (Å²) in [5, 5.41) is 9.31. The highest BCUT2D eigenvalue weighted by Gasteiger charge is 2.05. The van der Waals surface area contributed by atoms with Gasteiger partial charge in [-0.2, -0.15) is 0 Å². The molecule has 0 radical (unpaired) electrons. The topological polar surface area (TPSA) is 29.5 Å². The van der Waals surface area contributed by atoms with Crippen molar-refractivity contribution in [3.8, 4) is 5.75 Å². The van der Waals surface area contributed by atoms with E-state index < -0.39 is 0 Å². The van der Waals surface area contributed by atoms with Gasteiger partial charge in [-0.15, -0.1) is 0 Å². The van der Waals surface area contributed by atoms with Crippen molar-refractivity contribution < 1.29 is 9.84 Å². The predicted octanol–water partition coefficient (Wildman–Crippen LogP) is 3.83. The van der Waals surface area contributed by atoms with E-state index in [1.54, 1.807) is 0 Å². The second-order valence-electron chi connectivity index (χ2n) is 4.15. The van der Waals surface area contributed by atoms with Crippen LogP contribution in [0.3, 0.4) is 0 Å². The predicted molar refractivity (Wildman–Crippen MR) is 75.6 cm³/mol. The van der Waals surface area contributed by atoms with Crippen LogP contribution in [-0.2, 0) is 13.2 Å². The van der Waals surface area contributed by atoms with E-state index in [0.717, 1.165) is 26.9 Å². The molecule has 94 valence electrons. The fourth-order valence-electron chi connectivity index (χ4n) is 1.74. The summed E-state index contributed by atoms with van der Waals surface area (Å²) >= 11 is 3.49. The van der Waals surface area contributed by atoms with Gasteiger partial charge in [0.2, 0.25) is 0 Å². The molecule has 0 saturated heterocycles. The first-order valence-electron chi connectivity index (χ1n) is 5.77. The van der Waals surface area contributed by atoms with Crippen LogP contribution in [-0.4, -0.2) is 5.11 Å². The number of aryl methyl sites for hydroxylation is 1. The summed E-state index contributed by atoms with van der Waals surface area (Å²) in [4.78, 5) is 0. The van der Waals surface area contributed by atoms with Crippen LogP contribution in [0.1, 0.15) is 16.7 Å². The van der Waals surface area contributed by atoms with Gasteiger partial charge in [0.25, 0.3) is 0 Å². The van der Waals surface area contributed by atoms with Crippen LogP contribution in [0.2, 0.25) is 0 Å². The molecule has 0 aliphatic rings. The number of ether oxygens (including phenoxy) is 1. The summed E-state index contributed by atoms with van der Waals surface area (Å²) in [7, 11) is 0. The van der Waals surface area contributed by atoms with Gasteiger partial charge in [0, 0.05) is 15.6 Å². The van der Waals surface area contributed by atoms with E-state index in [4.69, 9.17) is 4.74 Å². The van der Waals surface area contributed by atoms with E-state index in [1.165, 1.54) is 0 Å². The molecule has 2 aromatic rings. The van der Waals surface area contributed by atoms with Crippen LogP contribution in [0.4, 0.5) is 0 Å². The molecule has 0 aliphatic carbocycles. The monoisotopic (exact) mass is 306 g/mol. The maximum Gasteiger partial charge on any atom is 0.125 e. The van der Waals surface area contributed by atoms with Crippen molar-refractivity contribution in [3.05, 3.63) is 63.6 Å². The number of aliphatic hydroxyl groups is 1. The third-order valence-electron chi connectivity index (χ3n) is 2.73. The molecule has 2 aromatic carbocycles. The maximum absolute atomic E-state index is 9.31. The second kappa shape index (κ2) is 6.03. The minimum absolute atomic E-state index is 0.00697. The summed E-state index contributed by atoms with van der Waals surface area (Å²) in [6.45, 7) is 2.47. The van der Waals surface area contributed by atoms with Crippen molar-refractivity contribution >= 4 is 15.9 Å². The Kier molecular flexibility index (Phi) is 4.39. The molecule has 0 unspecified atom stereocenters. The van der Waals surface area contributed by atoms with Gasteiger partial charge in [-0.1, -0.05) is 51.8 Å². The van der Waals surface area contributed by atoms with E-state index in [2.05, 4.69) is 15.9 Å². The third-order valence-corrected chi connectivity index (χ3v) is 3.50. The SMILES string of the molecule is Cc1ccc(OCc2ccccc2Br)c(CO)c1. The van der Waals surface area contributed by atoms with Crippen LogP contribution in [0.15, 0.2) is 46.9 Å². The van der Waals surface area contributed by atoms with Crippen LogP contribution in [0.25, 0.3) is 0 Å². The lowest BCUT2D eigenvalue weighted by Gasteiger charge is -2.11. The molecular weight excluding hydrogens is 292 g/mol. The van der Waals surface area contributed by atoms with Gasteiger partial charge in [0.15, 0.2) is 0 Å². The van der Waals surface area contributed by atoms with Gasteiger partial charge >= 0.3 is 0 Å². The zero-order valence-electron chi connectivity index (χ0n) is 10.2. The summed E-state index contributed by atoms with van der Waals surface area (Å²) < 4.78 is 6.79. The van der Waals surface area contributed by atoms with E-state index in [-0.39, 0.29) is 6.61 Å². The first-order valence-corrected chi connectivity index (χ1v) is 6.56. The molecule has 0 amide bonds. The molecule has 0 atom stereocenters. The van der Waals surface area contributed by atoms with Crippen LogP contribution < -0.4 is 4.74 Å². The lowest BCUT2D eigenvalue weighted by atomic mass is 10.1. The lowest BCUT2D eigenvalue weighted by Crippen LogP contribution is -1.99. The largest absolute Gasteiger partial charge is 0.488 e. The third kappa shape index (κ3) is 3.12.